The molecule has 150 valence electrons. The van der Waals surface area contributed by atoms with E-state index in [0.29, 0.717) is 18.0 Å². The molecule has 1 fully saturated rings. The molecule has 2 aromatic rings. The highest BCUT2D eigenvalue weighted by molar-refractivity contribution is 9.10. The van der Waals surface area contributed by atoms with Gasteiger partial charge < -0.3 is 19.7 Å². The van der Waals surface area contributed by atoms with Crippen molar-refractivity contribution in [1.29, 1.82) is 0 Å². The van der Waals surface area contributed by atoms with Gasteiger partial charge in [-0.2, -0.15) is 8.78 Å². The van der Waals surface area contributed by atoms with E-state index in [-0.39, 0.29) is 17.4 Å². The summed E-state index contributed by atoms with van der Waals surface area (Å²) in [7, 11) is 1.34. The van der Waals surface area contributed by atoms with E-state index in [2.05, 4.69) is 43.0 Å². The van der Waals surface area contributed by atoms with Crippen molar-refractivity contribution in [3.63, 3.8) is 0 Å². The van der Waals surface area contributed by atoms with Crippen molar-refractivity contribution in [1.82, 2.24) is 5.32 Å². The number of nitrogens with zero attached hydrogens (tertiary/aromatic N) is 1. The Hall–Kier alpha value is -2.35. The summed E-state index contributed by atoms with van der Waals surface area (Å²) in [4.78, 5) is 14.7. The van der Waals surface area contributed by atoms with E-state index in [9.17, 15) is 13.6 Å². The highest BCUT2D eigenvalue weighted by Gasteiger charge is 2.23. The van der Waals surface area contributed by atoms with Crippen LogP contribution in [0.2, 0.25) is 0 Å². The van der Waals surface area contributed by atoms with E-state index in [1.807, 2.05) is 12.1 Å². The summed E-state index contributed by atoms with van der Waals surface area (Å²) < 4.78 is 35.3. The molecule has 3 rings (SSSR count). The number of carbonyl (C=O) groups is 1. The van der Waals surface area contributed by atoms with E-state index in [1.54, 1.807) is 0 Å². The third-order valence-electron chi connectivity index (χ3n) is 4.65. The largest absolute Gasteiger partial charge is 0.493 e. The normalized spacial score (nSPS) is 16.3. The number of hydrogen-bond donors (Lipinski definition) is 1. The van der Waals surface area contributed by atoms with Crippen molar-refractivity contribution in [3.05, 3.63) is 52.5 Å². The summed E-state index contributed by atoms with van der Waals surface area (Å²) in [6.45, 7) is -0.615. The monoisotopic (exact) mass is 454 g/mol. The number of methoxy groups -OCH3 is 1. The maximum absolute atomic E-state index is 12.4. The molecule has 0 spiro atoms. The molecule has 1 aliphatic heterocycles. The van der Waals surface area contributed by atoms with Gasteiger partial charge in [-0.15, -0.1) is 0 Å². The van der Waals surface area contributed by atoms with Crippen LogP contribution in [-0.4, -0.2) is 39.3 Å². The lowest BCUT2D eigenvalue weighted by Crippen LogP contribution is -2.31. The Bertz CT molecular complexity index is 835. The minimum atomic E-state index is -2.95. The first-order valence-electron chi connectivity index (χ1n) is 8.88. The van der Waals surface area contributed by atoms with Gasteiger partial charge in [0.2, 0.25) is 0 Å². The van der Waals surface area contributed by atoms with Gasteiger partial charge in [-0.1, -0.05) is 22.0 Å². The third-order valence-corrected chi connectivity index (χ3v) is 5.15. The van der Waals surface area contributed by atoms with E-state index in [1.165, 1.54) is 25.3 Å². The van der Waals surface area contributed by atoms with Crippen molar-refractivity contribution >= 4 is 27.5 Å². The second-order valence-corrected chi connectivity index (χ2v) is 7.45. The van der Waals surface area contributed by atoms with Crippen LogP contribution in [0, 0.1) is 5.92 Å². The van der Waals surface area contributed by atoms with Crippen LogP contribution in [0.3, 0.4) is 0 Å². The molecule has 5 nitrogen and oxygen atoms in total. The number of ether oxygens (including phenoxy) is 2. The predicted octanol–water partition coefficient (Wildman–Crippen LogP) is 4.32. The van der Waals surface area contributed by atoms with Crippen LogP contribution in [0.1, 0.15) is 16.8 Å². The molecule has 1 saturated heterocycles. The fraction of sp³-hybridized carbons (Fsp3) is 0.350. The van der Waals surface area contributed by atoms with Crippen molar-refractivity contribution in [2.24, 2.45) is 5.92 Å². The molecule has 1 atom stereocenters. The number of carbonyl (C=O) groups excluding carboxylic acids is 1. The average molecular weight is 455 g/mol. The lowest BCUT2D eigenvalue weighted by atomic mass is 10.1. The Kier molecular flexibility index (Phi) is 6.72. The van der Waals surface area contributed by atoms with Crippen molar-refractivity contribution in [3.8, 4) is 11.5 Å². The zero-order valence-electron chi connectivity index (χ0n) is 15.3. The smallest absolute Gasteiger partial charge is 0.387 e. The van der Waals surface area contributed by atoms with E-state index in [0.717, 1.165) is 29.7 Å². The molecule has 1 N–H and O–H groups in total. The minimum Gasteiger partial charge on any atom is -0.493 e. The zero-order valence-corrected chi connectivity index (χ0v) is 16.9. The molecule has 1 aliphatic rings. The maximum Gasteiger partial charge on any atom is 0.387 e. The number of anilines is 1. The highest BCUT2D eigenvalue weighted by atomic mass is 79.9. The first kappa shape index (κ1) is 20.4. The van der Waals surface area contributed by atoms with Crippen molar-refractivity contribution in [2.45, 2.75) is 13.0 Å². The highest BCUT2D eigenvalue weighted by Crippen LogP contribution is 2.30. The quantitative estimate of drug-likeness (QED) is 0.676. The molecule has 1 amide bonds. The predicted molar refractivity (Wildman–Crippen MR) is 106 cm³/mol. The zero-order chi connectivity index (χ0) is 20.1. The number of nitrogens with one attached hydrogen (secondary N) is 1. The van der Waals surface area contributed by atoms with Crippen LogP contribution in [-0.2, 0) is 0 Å². The molecule has 0 bridgehead atoms. The second kappa shape index (κ2) is 9.23. The number of alkyl halides is 2. The summed E-state index contributed by atoms with van der Waals surface area (Å²) in [5.74, 6) is 0.0539. The standard InChI is InChI=1S/C20H21BrF2N2O3/c1-27-18-9-14(5-6-17(18)28-20(22)23)19(26)24-11-13-7-8-25(12-13)16-4-2-3-15(21)10-16/h2-6,9-10,13,20H,7-8,11-12H2,1H3,(H,24,26). The van der Waals surface area contributed by atoms with E-state index < -0.39 is 6.61 Å². The van der Waals surface area contributed by atoms with Gasteiger partial charge in [0.05, 0.1) is 7.11 Å². The van der Waals surface area contributed by atoms with Crippen LogP contribution in [0.4, 0.5) is 14.5 Å². The number of benzene rings is 2. The molecular formula is C20H21BrF2N2O3. The summed E-state index contributed by atoms with van der Waals surface area (Å²) in [5, 5.41) is 2.92. The van der Waals surface area contributed by atoms with Crippen molar-refractivity contribution < 1.29 is 23.0 Å². The summed E-state index contributed by atoms with van der Waals surface area (Å²) in [6, 6.07) is 12.3. The first-order chi connectivity index (χ1) is 13.5. The molecule has 28 heavy (non-hydrogen) atoms. The van der Waals surface area contributed by atoms with Gasteiger partial charge in [0.25, 0.3) is 5.91 Å². The van der Waals surface area contributed by atoms with Gasteiger partial charge in [-0.05, 0) is 48.7 Å². The number of rotatable bonds is 7. The SMILES string of the molecule is COc1cc(C(=O)NCC2CCN(c3cccc(Br)c3)C2)ccc1OC(F)F. The molecule has 0 saturated carbocycles. The van der Waals surface area contributed by atoms with Gasteiger partial charge in [0.1, 0.15) is 0 Å². The molecular weight excluding hydrogens is 434 g/mol. The first-order valence-corrected chi connectivity index (χ1v) is 9.67. The van der Waals surface area contributed by atoms with Crippen LogP contribution in [0.5, 0.6) is 11.5 Å². The van der Waals surface area contributed by atoms with Crippen LogP contribution >= 0.6 is 15.9 Å². The average Bonchev–Trinajstić information content (AvgIpc) is 3.15. The molecule has 0 aliphatic carbocycles. The molecule has 0 radical (unpaired) electrons. The van der Waals surface area contributed by atoms with E-state index >= 15 is 0 Å². The topological polar surface area (TPSA) is 50.8 Å². The molecule has 1 heterocycles. The lowest BCUT2D eigenvalue weighted by molar-refractivity contribution is -0.0512. The summed E-state index contributed by atoms with van der Waals surface area (Å²) in [6.07, 6.45) is 0.983. The number of amides is 1. The van der Waals surface area contributed by atoms with Crippen LogP contribution in [0.15, 0.2) is 46.9 Å². The third kappa shape index (κ3) is 5.13. The molecule has 8 heteroatoms. The van der Waals surface area contributed by atoms with Crippen LogP contribution in [0.25, 0.3) is 0 Å². The summed E-state index contributed by atoms with van der Waals surface area (Å²) in [5.41, 5.74) is 1.49. The molecule has 0 aromatic heterocycles. The van der Waals surface area contributed by atoms with Gasteiger partial charge in [0, 0.05) is 35.4 Å². The number of hydrogen-bond acceptors (Lipinski definition) is 4. The van der Waals surface area contributed by atoms with Crippen LogP contribution < -0.4 is 19.7 Å². The van der Waals surface area contributed by atoms with E-state index in [4.69, 9.17) is 4.74 Å². The van der Waals surface area contributed by atoms with Gasteiger partial charge in [-0.3, -0.25) is 4.79 Å². The van der Waals surface area contributed by atoms with Gasteiger partial charge in [0.15, 0.2) is 11.5 Å². The fourth-order valence-corrected chi connectivity index (χ4v) is 3.64. The molecule has 1 unspecified atom stereocenters. The molecule has 2 aromatic carbocycles. The Labute approximate surface area is 170 Å². The van der Waals surface area contributed by atoms with Gasteiger partial charge in [-0.25, -0.2) is 0 Å². The number of halogens is 3. The Morgan fingerprint density at radius 2 is 2.11 bits per heavy atom. The Balaban J connectivity index is 1.56. The van der Waals surface area contributed by atoms with Gasteiger partial charge >= 0.3 is 6.61 Å². The Morgan fingerprint density at radius 3 is 2.82 bits per heavy atom. The fourth-order valence-electron chi connectivity index (χ4n) is 3.25. The van der Waals surface area contributed by atoms with Crippen molar-refractivity contribution in [2.75, 3.05) is 31.6 Å². The second-order valence-electron chi connectivity index (χ2n) is 6.53. The maximum atomic E-state index is 12.4. The Morgan fingerprint density at radius 1 is 1.29 bits per heavy atom. The lowest BCUT2D eigenvalue weighted by Gasteiger charge is -2.19. The minimum absolute atomic E-state index is 0.0923. The summed E-state index contributed by atoms with van der Waals surface area (Å²) >= 11 is 3.49.